The van der Waals surface area contributed by atoms with Crippen molar-refractivity contribution in [2.24, 2.45) is 0 Å². The Hall–Kier alpha value is -2.20. The summed E-state index contributed by atoms with van der Waals surface area (Å²) >= 11 is 0. The van der Waals surface area contributed by atoms with E-state index in [9.17, 15) is 32.3 Å². The monoisotopic (exact) mass is 324 g/mol. The second kappa shape index (κ2) is 6.71. The fourth-order valence-electron chi connectivity index (χ4n) is 1.58. The van der Waals surface area contributed by atoms with Crippen LogP contribution in [-0.2, 0) is 11.0 Å². The molecule has 0 bridgehead atoms. The van der Waals surface area contributed by atoms with Crippen LogP contribution in [-0.4, -0.2) is 34.3 Å². The maximum atomic E-state index is 13.1. The molecule has 6 nitrogen and oxygen atoms in total. The third-order valence-corrected chi connectivity index (χ3v) is 2.70. The standard InChI is InChI=1S/C12H12F4N2O4/c1-5(19)9(11(21)18-22)17-10(20)6-2-3-8(13)7(4-6)12(14,15)16/h2-5,9,19,22H,1H3,(H,17,20)(H,18,21)/t5-,9+/m1/s1. The van der Waals surface area contributed by atoms with Crippen LogP contribution in [0.5, 0.6) is 0 Å². The largest absolute Gasteiger partial charge is 0.419 e. The summed E-state index contributed by atoms with van der Waals surface area (Å²) in [5, 5.41) is 19.7. The molecule has 2 atom stereocenters. The van der Waals surface area contributed by atoms with E-state index >= 15 is 0 Å². The molecule has 0 saturated heterocycles. The van der Waals surface area contributed by atoms with Crippen LogP contribution < -0.4 is 10.8 Å². The van der Waals surface area contributed by atoms with Crippen LogP contribution in [0, 0.1) is 5.82 Å². The first-order chi connectivity index (χ1) is 10.1. The van der Waals surface area contributed by atoms with Gasteiger partial charge in [-0.25, -0.2) is 9.87 Å². The molecular formula is C12H12F4N2O4. The van der Waals surface area contributed by atoms with Crippen molar-refractivity contribution < 1.29 is 37.5 Å². The van der Waals surface area contributed by atoms with Crippen molar-refractivity contribution >= 4 is 11.8 Å². The molecule has 2 amide bonds. The lowest BCUT2D eigenvalue weighted by Crippen LogP contribution is -2.51. The Labute approximate surface area is 121 Å². The minimum absolute atomic E-state index is 0.278. The second-order valence-electron chi connectivity index (χ2n) is 4.36. The van der Waals surface area contributed by atoms with Gasteiger partial charge in [0.05, 0.1) is 11.7 Å². The number of amides is 2. The lowest BCUT2D eigenvalue weighted by atomic mass is 10.1. The average molecular weight is 324 g/mol. The lowest BCUT2D eigenvalue weighted by molar-refractivity contribution is -0.140. The molecule has 1 aromatic rings. The van der Waals surface area contributed by atoms with Gasteiger partial charge < -0.3 is 10.4 Å². The molecule has 122 valence electrons. The van der Waals surface area contributed by atoms with E-state index in [1.807, 2.05) is 5.32 Å². The van der Waals surface area contributed by atoms with Crippen LogP contribution in [0.25, 0.3) is 0 Å². The summed E-state index contributed by atoms with van der Waals surface area (Å²) in [7, 11) is 0. The SMILES string of the molecule is C[C@@H](O)[C@H](NC(=O)c1ccc(F)c(C(F)(F)F)c1)C(=O)NO. The fraction of sp³-hybridized carbons (Fsp3) is 0.333. The summed E-state index contributed by atoms with van der Waals surface area (Å²) in [5.74, 6) is -3.87. The van der Waals surface area contributed by atoms with Gasteiger partial charge in [0.25, 0.3) is 11.8 Å². The zero-order chi connectivity index (χ0) is 17.1. The predicted octanol–water partition coefficient (Wildman–Crippen LogP) is 0.829. The molecule has 22 heavy (non-hydrogen) atoms. The predicted molar refractivity (Wildman–Crippen MR) is 64.3 cm³/mol. The zero-order valence-corrected chi connectivity index (χ0v) is 11.1. The number of aliphatic hydroxyl groups is 1. The number of hydrogen-bond acceptors (Lipinski definition) is 4. The van der Waals surface area contributed by atoms with E-state index in [4.69, 9.17) is 5.21 Å². The van der Waals surface area contributed by atoms with Gasteiger partial charge in [0.1, 0.15) is 11.9 Å². The fourth-order valence-corrected chi connectivity index (χ4v) is 1.58. The summed E-state index contributed by atoms with van der Waals surface area (Å²) in [4.78, 5) is 23.0. The van der Waals surface area contributed by atoms with Gasteiger partial charge in [0.15, 0.2) is 0 Å². The molecule has 0 heterocycles. The minimum Gasteiger partial charge on any atom is -0.391 e. The van der Waals surface area contributed by atoms with Gasteiger partial charge in [-0.05, 0) is 25.1 Å². The molecule has 0 spiro atoms. The first-order valence-electron chi connectivity index (χ1n) is 5.87. The van der Waals surface area contributed by atoms with Gasteiger partial charge in [-0.3, -0.25) is 14.8 Å². The topological polar surface area (TPSA) is 98.7 Å². The van der Waals surface area contributed by atoms with Crippen LogP contribution in [0.15, 0.2) is 18.2 Å². The molecule has 0 saturated carbocycles. The molecule has 4 N–H and O–H groups in total. The first kappa shape index (κ1) is 17.9. The van der Waals surface area contributed by atoms with Crippen LogP contribution in [0.4, 0.5) is 17.6 Å². The van der Waals surface area contributed by atoms with Gasteiger partial charge in [0, 0.05) is 5.56 Å². The number of halogens is 4. The maximum absolute atomic E-state index is 13.1. The molecule has 0 fully saturated rings. The van der Waals surface area contributed by atoms with Gasteiger partial charge in [-0.1, -0.05) is 0 Å². The summed E-state index contributed by atoms with van der Waals surface area (Å²) in [6.45, 7) is 1.12. The normalized spacial score (nSPS) is 14.1. The van der Waals surface area contributed by atoms with Crippen molar-refractivity contribution in [2.75, 3.05) is 0 Å². The summed E-state index contributed by atoms with van der Waals surface area (Å²) < 4.78 is 50.8. The van der Waals surface area contributed by atoms with Crippen LogP contribution >= 0.6 is 0 Å². The Balaban J connectivity index is 3.06. The smallest absolute Gasteiger partial charge is 0.391 e. The molecule has 0 unspecified atom stereocenters. The van der Waals surface area contributed by atoms with E-state index in [0.29, 0.717) is 6.07 Å². The number of hydroxylamine groups is 1. The molecular weight excluding hydrogens is 312 g/mol. The molecule has 0 aliphatic heterocycles. The molecule has 1 aromatic carbocycles. The number of hydrogen-bond donors (Lipinski definition) is 4. The molecule has 0 radical (unpaired) electrons. The van der Waals surface area contributed by atoms with Crippen molar-refractivity contribution in [1.29, 1.82) is 0 Å². The number of rotatable bonds is 4. The first-order valence-corrected chi connectivity index (χ1v) is 5.87. The van der Waals surface area contributed by atoms with E-state index < -0.39 is 47.1 Å². The van der Waals surface area contributed by atoms with Gasteiger partial charge in [-0.15, -0.1) is 0 Å². The lowest BCUT2D eigenvalue weighted by Gasteiger charge is -2.19. The Morgan fingerprint density at radius 2 is 1.86 bits per heavy atom. The average Bonchev–Trinajstić information content (AvgIpc) is 2.42. The van der Waals surface area contributed by atoms with Crippen molar-refractivity contribution in [1.82, 2.24) is 10.8 Å². The Bertz CT molecular complexity index is 575. The van der Waals surface area contributed by atoms with E-state index in [2.05, 4.69) is 0 Å². The Morgan fingerprint density at radius 1 is 1.27 bits per heavy atom. The minimum atomic E-state index is -4.99. The summed E-state index contributed by atoms with van der Waals surface area (Å²) in [5.41, 5.74) is -1.01. The Kier molecular flexibility index (Phi) is 5.44. The Morgan fingerprint density at radius 3 is 2.32 bits per heavy atom. The van der Waals surface area contributed by atoms with Crippen molar-refractivity contribution in [3.63, 3.8) is 0 Å². The quantitative estimate of drug-likeness (QED) is 0.374. The molecule has 1 rings (SSSR count). The van der Waals surface area contributed by atoms with Crippen LogP contribution in [0.2, 0.25) is 0 Å². The molecule has 0 aromatic heterocycles. The van der Waals surface area contributed by atoms with E-state index in [1.165, 1.54) is 5.48 Å². The third-order valence-electron chi connectivity index (χ3n) is 2.70. The number of alkyl halides is 3. The zero-order valence-electron chi connectivity index (χ0n) is 11.1. The highest BCUT2D eigenvalue weighted by Crippen LogP contribution is 2.31. The summed E-state index contributed by atoms with van der Waals surface area (Å²) in [6.07, 6.45) is -6.43. The molecule has 10 heteroatoms. The van der Waals surface area contributed by atoms with Gasteiger partial charge in [0.2, 0.25) is 0 Å². The summed E-state index contributed by atoms with van der Waals surface area (Å²) in [6, 6.07) is -0.0746. The number of benzene rings is 1. The van der Waals surface area contributed by atoms with Crippen molar-refractivity contribution in [2.45, 2.75) is 25.2 Å². The molecule has 0 aliphatic rings. The second-order valence-corrected chi connectivity index (χ2v) is 4.36. The maximum Gasteiger partial charge on any atom is 0.419 e. The van der Waals surface area contributed by atoms with E-state index in [-0.39, 0.29) is 6.07 Å². The highest BCUT2D eigenvalue weighted by atomic mass is 19.4. The highest BCUT2D eigenvalue weighted by molar-refractivity contribution is 5.97. The van der Waals surface area contributed by atoms with Crippen LogP contribution in [0.1, 0.15) is 22.8 Å². The van der Waals surface area contributed by atoms with Crippen LogP contribution in [0.3, 0.4) is 0 Å². The number of carbonyl (C=O) groups is 2. The highest BCUT2D eigenvalue weighted by Gasteiger charge is 2.35. The van der Waals surface area contributed by atoms with Crippen molar-refractivity contribution in [3.8, 4) is 0 Å². The van der Waals surface area contributed by atoms with Gasteiger partial charge >= 0.3 is 6.18 Å². The molecule has 0 aliphatic carbocycles. The number of carbonyl (C=O) groups excluding carboxylic acids is 2. The van der Waals surface area contributed by atoms with Gasteiger partial charge in [-0.2, -0.15) is 13.2 Å². The third kappa shape index (κ3) is 4.15. The van der Waals surface area contributed by atoms with E-state index in [1.54, 1.807) is 0 Å². The van der Waals surface area contributed by atoms with Crippen molar-refractivity contribution in [3.05, 3.63) is 35.1 Å². The number of aliphatic hydroxyl groups excluding tert-OH is 1. The van der Waals surface area contributed by atoms with E-state index in [0.717, 1.165) is 13.0 Å². The number of nitrogens with one attached hydrogen (secondary N) is 2.